The molecule has 0 aliphatic heterocycles. The molecule has 1 rings (SSSR count). The monoisotopic (exact) mass is 348 g/mol. The Hall–Kier alpha value is -1.31. The molecule has 1 aromatic carbocycles. The third kappa shape index (κ3) is 7.11. The molecule has 0 bridgehead atoms. The van der Waals surface area contributed by atoms with Gasteiger partial charge in [-0.15, -0.1) is 11.6 Å². The van der Waals surface area contributed by atoms with E-state index in [1.54, 1.807) is 24.3 Å². The molecular formula is C14H21ClN2O4S. The molecule has 0 radical (unpaired) electrons. The molecule has 0 saturated heterocycles. The summed E-state index contributed by atoms with van der Waals surface area (Å²) in [4.78, 5) is 10.7. The number of nitrogens with two attached hydrogens (primary N) is 1. The fourth-order valence-electron chi connectivity index (χ4n) is 1.90. The second kappa shape index (κ2) is 8.97. The van der Waals surface area contributed by atoms with E-state index in [0.717, 1.165) is 12.8 Å². The van der Waals surface area contributed by atoms with Crippen LogP contribution in [0.4, 0.5) is 5.69 Å². The lowest BCUT2D eigenvalue weighted by Crippen LogP contribution is -2.32. The zero-order valence-electron chi connectivity index (χ0n) is 12.2. The molecule has 124 valence electrons. The number of carboxylic acids is 1. The highest BCUT2D eigenvalue weighted by atomic mass is 35.5. The van der Waals surface area contributed by atoms with E-state index in [0.29, 0.717) is 23.6 Å². The van der Waals surface area contributed by atoms with Crippen LogP contribution in [-0.2, 0) is 21.2 Å². The van der Waals surface area contributed by atoms with Gasteiger partial charge in [-0.25, -0.2) is 8.42 Å². The lowest BCUT2D eigenvalue weighted by Gasteiger charge is -2.11. The number of anilines is 1. The minimum Gasteiger partial charge on any atom is -0.480 e. The summed E-state index contributed by atoms with van der Waals surface area (Å²) in [5.41, 5.74) is 6.54. The van der Waals surface area contributed by atoms with Gasteiger partial charge in [-0.2, -0.15) is 0 Å². The number of rotatable bonds is 10. The number of carbonyl (C=O) groups is 1. The van der Waals surface area contributed by atoms with Gasteiger partial charge in [0.25, 0.3) is 0 Å². The molecule has 6 nitrogen and oxygen atoms in total. The first-order valence-electron chi connectivity index (χ1n) is 6.98. The SMILES string of the molecule is N[C@@H](Cc1cccc(NS(=O)(=O)CCCCCCl)c1)C(=O)O. The highest BCUT2D eigenvalue weighted by molar-refractivity contribution is 7.92. The van der Waals surface area contributed by atoms with Crippen molar-refractivity contribution >= 4 is 33.3 Å². The number of halogens is 1. The molecule has 0 aliphatic rings. The number of sulfonamides is 1. The lowest BCUT2D eigenvalue weighted by atomic mass is 10.1. The van der Waals surface area contributed by atoms with Gasteiger partial charge in [-0.05, 0) is 37.0 Å². The Kier molecular flexibility index (Phi) is 7.64. The summed E-state index contributed by atoms with van der Waals surface area (Å²) in [7, 11) is -3.42. The average molecular weight is 349 g/mol. The number of benzene rings is 1. The number of aliphatic carboxylic acids is 1. The number of unbranched alkanes of at least 4 members (excludes halogenated alkanes) is 2. The molecule has 4 N–H and O–H groups in total. The molecule has 8 heteroatoms. The van der Waals surface area contributed by atoms with E-state index in [-0.39, 0.29) is 12.2 Å². The normalized spacial score (nSPS) is 12.8. The van der Waals surface area contributed by atoms with Crippen LogP contribution >= 0.6 is 11.6 Å². The number of hydrogen-bond acceptors (Lipinski definition) is 4. The Labute approximate surface area is 135 Å². The van der Waals surface area contributed by atoms with Crippen LogP contribution in [0.15, 0.2) is 24.3 Å². The Bertz CT molecular complexity index is 592. The smallest absolute Gasteiger partial charge is 0.320 e. The van der Waals surface area contributed by atoms with Gasteiger partial charge in [-0.3, -0.25) is 9.52 Å². The third-order valence-electron chi connectivity index (χ3n) is 3.02. The summed E-state index contributed by atoms with van der Waals surface area (Å²) in [6.45, 7) is 0. The summed E-state index contributed by atoms with van der Waals surface area (Å²) < 4.78 is 26.4. The Balaban J connectivity index is 2.63. The Morgan fingerprint density at radius 3 is 2.68 bits per heavy atom. The summed E-state index contributed by atoms with van der Waals surface area (Å²) >= 11 is 5.55. The number of carboxylic acid groups (broad SMARTS) is 1. The van der Waals surface area contributed by atoms with Crippen molar-refractivity contribution < 1.29 is 18.3 Å². The van der Waals surface area contributed by atoms with E-state index >= 15 is 0 Å². The fraction of sp³-hybridized carbons (Fsp3) is 0.500. The average Bonchev–Trinajstić information content (AvgIpc) is 2.43. The molecule has 22 heavy (non-hydrogen) atoms. The molecule has 0 heterocycles. The molecule has 0 aromatic heterocycles. The maximum atomic E-state index is 11.9. The Morgan fingerprint density at radius 2 is 2.05 bits per heavy atom. The van der Waals surface area contributed by atoms with E-state index in [2.05, 4.69) is 4.72 Å². The molecule has 0 amide bonds. The molecule has 0 saturated carbocycles. The van der Waals surface area contributed by atoms with Gasteiger partial charge in [0.05, 0.1) is 5.75 Å². The van der Waals surface area contributed by atoms with E-state index in [9.17, 15) is 13.2 Å². The van der Waals surface area contributed by atoms with E-state index in [1.165, 1.54) is 0 Å². The predicted molar refractivity (Wildman–Crippen MR) is 87.7 cm³/mol. The second-order valence-electron chi connectivity index (χ2n) is 5.02. The van der Waals surface area contributed by atoms with E-state index < -0.39 is 22.0 Å². The molecule has 0 unspecified atom stereocenters. The van der Waals surface area contributed by atoms with Crippen molar-refractivity contribution in [3.05, 3.63) is 29.8 Å². The number of alkyl halides is 1. The second-order valence-corrected chi connectivity index (χ2v) is 7.24. The summed E-state index contributed by atoms with van der Waals surface area (Å²) in [6, 6.07) is 5.57. The van der Waals surface area contributed by atoms with Crippen molar-refractivity contribution in [2.24, 2.45) is 5.73 Å². The maximum absolute atomic E-state index is 11.9. The summed E-state index contributed by atoms with van der Waals surface area (Å²) in [6.07, 6.45) is 2.24. The van der Waals surface area contributed by atoms with Crippen LogP contribution in [0.1, 0.15) is 24.8 Å². The standard InChI is InChI=1S/C14H21ClN2O4S/c15-7-2-1-3-8-22(20,21)17-12-6-4-5-11(9-12)10-13(16)14(18)19/h4-6,9,13,17H,1-3,7-8,10,16H2,(H,18,19)/t13-/m0/s1. The minimum atomic E-state index is -3.42. The predicted octanol–water partition coefficient (Wildman–Crippen LogP) is 1.79. The zero-order valence-corrected chi connectivity index (χ0v) is 13.7. The van der Waals surface area contributed by atoms with Crippen molar-refractivity contribution in [1.29, 1.82) is 0 Å². The van der Waals surface area contributed by atoms with Crippen LogP contribution in [0.3, 0.4) is 0 Å². The van der Waals surface area contributed by atoms with Gasteiger partial charge in [-0.1, -0.05) is 18.6 Å². The van der Waals surface area contributed by atoms with Crippen LogP contribution in [0.5, 0.6) is 0 Å². The van der Waals surface area contributed by atoms with Crippen LogP contribution in [0.2, 0.25) is 0 Å². The quantitative estimate of drug-likeness (QED) is 0.441. The molecule has 1 aromatic rings. The van der Waals surface area contributed by atoms with Gasteiger partial charge in [0, 0.05) is 11.6 Å². The fourth-order valence-corrected chi connectivity index (χ4v) is 3.26. The van der Waals surface area contributed by atoms with Crippen LogP contribution in [-0.4, -0.2) is 37.2 Å². The highest BCUT2D eigenvalue weighted by Crippen LogP contribution is 2.14. The van der Waals surface area contributed by atoms with Crippen molar-refractivity contribution in [2.45, 2.75) is 31.7 Å². The van der Waals surface area contributed by atoms with E-state index in [4.69, 9.17) is 22.4 Å². The van der Waals surface area contributed by atoms with Crippen molar-refractivity contribution in [3.8, 4) is 0 Å². The topological polar surface area (TPSA) is 109 Å². The van der Waals surface area contributed by atoms with Gasteiger partial charge in [0.15, 0.2) is 0 Å². The largest absolute Gasteiger partial charge is 0.480 e. The van der Waals surface area contributed by atoms with Gasteiger partial charge >= 0.3 is 5.97 Å². The number of hydrogen-bond donors (Lipinski definition) is 3. The molecule has 0 aliphatic carbocycles. The van der Waals surface area contributed by atoms with Gasteiger partial charge in [0.2, 0.25) is 10.0 Å². The Morgan fingerprint density at radius 1 is 1.32 bits per heavy atom. The first-order chi connectivity index (χ1) is 10.3. The molecule has 0 fully saturated rings. The first kappa shape index (κ1) is 18.7. The van der Waals surface area contributed by atoms with E-state index in [1.807, 2.05) is 0 Å². The van der Waals surface area contributed by atoms with Crippen molar-refractivity contribution in [2.75, 3.05) is 16.4 Å². The zero-order chi connectivity index (χ0) is 16.6. The molecular weight excluding hydrogens is 328 g/mol. The maximum Gasteiger partial charge on any atom is 0.320 e. The van der Waals surface area contributed by atoms with Gasteiger partial charge < -0.3 is 10.8 Å². The summed E-state index contributed by atoms with van der Waals surface area (Å²) in [5, 5.41) is 8.79. The van der Waals surface area contributed by atoms with Crippen LogP contribution < -0.4 is 10.5 Å². The first-order valence-corrected chi connectivity index (χ1v) is 9.16. The van der Waals surface area contributed by atoms with Crippen molar-refractivity contribution in [1.82, 2.24) is 0 Å². The van der Waals surface area contributed by atoms with Gasteiger partial charge in [0.1, 0.15) is 6.04 Å². The minimum absolute atomic E-state index is 0.0305. The van der Waals surface area contributed by atoms with Crippen LogP contribution in [0.25, 0.3) is 0 Å². The molecule has 0 spiro atoms. The number of nitrogens with one attached hydrogen (secondary N) is 1. The third-order valence-corrected chi connectivity index (χ3v) is 4.66. The van der Waals surface area contributed by atoms with Crippen LogP contribution in [0, 0.1) is 0 Å². The van der Waals surface area contributed by atoms with Crippen molar-refractivity contribution in [3.63, 3.8) is 0 Å². The highest BCUT2D eigenvalue weighted by Gasteiger charge is 2.14. The summed E-state index contributed by atoms with van der Waals surface area (Å²) in [5.74, 6) is -0.535. The molecule has 1 atom stereocenters. The lowest BCUT2D eigenvalue weighted by molar-refractivity contribution is -0.138.